The Morgan fingerprint density at radius 2 is 0.714 bits per heavy atom. The molecule has 14 nitrogen and oxygen atoms in total. The molecule has 0 saturated carbocycles. The fourth-order valence-corrected chi connectivity index (χ4v) is 11.9. The lowest BCUT2D eigenvalue weighted by molar-refractivity contribution is -0.359. The van der Waals surface area contributed by atoms with Crippen molar-refractivity contribution in [1.82, 2.24) is 5.32 Å². The summed E-state index contributed by atoms with van der Waals surface area (Å²) in [6.07, 6.45) is 83.4. The predicted molar refractivity (Wildman–Crippen MR) is 405 cm³/mol. The number of ether oxygens (including phenoxy) is 4. The van der Waals surface area contributed by atoms with E-state index in [1.54, 1.807) is 6.08 Å². The first-order chi connectivity index (χ1) is 48.1. The molecule has 560 valence electrons. The monoisotopic (exact) mass is 1370 g/mol. The van der Waals surface area contributed by atoms with Gasteiger partial charge in [-0.2, -0.15) is 0 Å². The molecule has 2 heterocycles. The summed E-state index contributed by atoms with van der Waals surface area (Å²) in [5.41, 5.74) is 0. The highest BCUT2D eigenvalue weighted by atomic mass is 16.7. The molecule has 12 unspecified atom stereocenters. The molecular weight excluding hydrogens is 1230 g/mol. The van der Waals surface area contributed by atoms with Crippen LogP contribution < -0.4 is 5.32 Å². The van der Waals surface area contributed by atoms with E-state index in [0.29, 0.717) is 12.8 Å². The first-order valence-corrected chi connectivity index (χ1v) is 39.1. The Balaban J connectivity index is 1.69. The van der Waals surface area contributed by atoms with Crippen molar-refractivity contribution in [2.45, 2.75) is 357 Å². The van der Waals surface area contributed by atoms with Gasteiger partial charge in [-0.25, -0.2) is 0 Å². The van der Waals surface area contributed by atoms with Crippen molar-refractivity contribution in [1.29, 1.82) is 0 Å². The Morgan fingerprint density at radius 3 is 1.12 bits per heavy atom. The van der Waals surface area contributed by atoms with E-state index in [4.69, 9.17) is 18.9 Å². The van der Waals surface area contributed by atoms with Crippen LogP contribution in [0, 0.1) is 0 Å². The molecule has 0 spiro atoms. The lowest BCUT2D eigenvalue weighted by Crippen LogP contribution is -2.65. The van der Waals surface area contributed by atoms with Gasteiger partial charge in [0.25, 0.3) is 0 Å². The van der Waals surface area contributed by atoms with Crippen LogP contribution in [0.2, 0.25) is 0 Å². The van der Waals surface area contributed by atoms with Gasteiger partial charge in [-0.15, -0.1) is 0 Å². The van der Waals surface area contributed by atoms with E-state index < -0.39 is 86.8 Å². The smallest absolute Gasteiger partial charge is 0.220 e. The Morgan fingerprint density at radius 1 is 0.378 bits per heavy atom. The van der Waals surface area contributed by atoms with Crippen LogP contribution in [-0.2, 0) is 23.7 Å². The van der Waals surface area contributed by atoms with Crippen LogP contribution in [0.15, 0.2) is 146 Å². The van der Waals surface area contributed by atoms with Crippen LogP contribution in [0.25, 0.3) is 0 Å². The molecule has 98 heavy (non-hydrogen) atoms. The molecule has 2 aliphatic rings. The van der Waals surface area contributed by atoms with E-state index in [9.17, 15) is 45.6 Å². The molecule has 0 radical (unpaired) electrons. The molecule has 2 aliphatic heterocycles. The number of carbonyl (C=O) groups is 1. The van der Waals surface area contributed by atoms with E-state index in [-0.39, 0.29) is 18.9 Å². The third-order valence-electron chi connectivity index (χ3n) is 18.0. The molecule has 0 bridgehead atoms. The zero-order chi connectivity index (χ0) is 70.8. The van der Waals surface area contributed by atoms with Crippen LogP contribution in [0.5, 0.6) is 0 Å². The number of nitrogens with one attached hydrogen (secondary N) is 1. The first-order valence-electron chi connectivity index (χ1n) is 39.1. The summed E-state index contributed by atoms with van der Waals surface area (Å²) in [6, 6.07) is -0.959. The van der Waals surface area contributed by atoms with Gasteiger partial charge >= 0.3 is 0 Å². The van der Waals surface area contributed by atoms with Crippen LogP contribution in [0.3, 0.4) is 0 Å². The second kappa shape index (κ2) is 66.1. The average Bonchev–Trinajstić information content (AvgIpc) is 0.797. The van der Waals surface area contributed by atoms with Gasteiger partial charge in [0.15, 0.2) is 12.6 Å². The second-order valence-corrected chi connectivity index (χ2v) is 26.7. The number of hydrogen-bond donors (Lipinski definition) is 9. The van der Waals surface area contributed by atoms with Gasteiger partial charge < -0.3 is 65.1 Å². The quantitative estimate of drug-likeness (QED) is 0.0204. The van der Waals surface area contributed by atoms with Gasteiger partial charge in [-0.05, 0) is 109 Å². The molecule has 0 aliphatic carbocycles. The predicted octanol–water partition coefficient (Wildman–Crippen LogP) is 17.6. The summed E-state index contributed by atoms with van der Waals surface area (Å²) in [5.74, 6) is -0.277. The summed E-state index contributed by atoms with van der Waals surface area (Å²) >= 11 is 0. The minimum absolute atomic E-state index is 0.234. The Kier molecular flexibility index (Phi) is 60.7. The standard InChI is InChI=1S/C84H141NO13/c1-3-5-7-9-11-13-15-17-19-21-23-25-27-29-31-33-34-35-36-37-38-40-42-44-46-48-50-52-54-56-58-60-62-64-66-68-76(89)85-72(71-95-83-81(94)79(92)82(75(70-87)97-83)98-84-80(93)78(91)77(90)74(69-86)96-84)73(88)67-65-63-61-59-57-55-53-51-49-47-45-43-41-39-32-30-28-26-24-22-20-18-16-14-12-10-8-6-4-2/h5,7,11,13,17,19,23,25,29,31,34-35,37-38,42,44,48,50,54,56-57,59,65,67,72-75,77-84,86-88,90-94H,3-4,6,8-10,12,14-16,18,20-22,24,26-28,30,32-33,36,39-41,43,45-47,49,51-53,55,58,60-64,66,68-71H2,1-2H3,(H,85,89)/b7-5-,13-11-,19-17-,25-23-,31-29-,35-34-,38-37-,44-42-,50-48-,56-54-,59-57+,67-65+. The molecule has 14 heteroatoms. The highest BCUT2D eigenvalue weighted by Gasteiger charge is 2.51. The third-order valence-corrected chi connectivity index (χ3v) is 18.0. The maximum atomic E-state index is 13.4. The Bertz CT molecular complexity index is 2210. The van der Waals surface area contributed by atoms with Crippen molar-refractivity contribution in [3.63, 3.8) is 0 Å². The lowest BCUT2D eigenvalue weighted by atomic mass is 9.97. The molecule has 0 aromatic carbocycles. The fourth-order valence-electron chi connectivity index (χ4n) is 11.9. The maximum Gasteiger partial charge on any atom is 0.220 e. The number of aliphatic hydroxyl groups is 8. The normalized spacial score (nSPS) is 22.9. The number of hydrogen-bond acceptors (Lipinski definition) is 13. The Hall–Kier alpha value is -4.13. The van der Waals surface area contributed by atoms with E-state index in [2.05, 4.69) is 153 Å². The molecule has 2 rings (SSSR count). The van der Waals surface area contributed by atoms with Gasteiger partial charge in [-0.1, -0.05) is 314 Å². The Labute approximate surface area is 595 Å². The molecule has 2 saturated heterocycles. The zero-order valence-corrected chi connectivity index (χ0v) is 61.2. The summed E-state index contributed by atoms with van der Waals surface area (Å²) in [4.78, 5) is 13.4. The van der Waals surface area contributed by atoms with Gasteiger partial charge in [0.1, 0.15) is 48.8 Å². The number of carbonyl (C=O) groups excluding carboxylic acids is 1. The maximum absolute atomic E-state index is 13.4. The minimum Gasteiger partial charge on any atom is -0.394 e. The van der Waals surface area contributed by atoms with E-state index in [1.807, 2.05) is 6.08 Å². The molecule has 9 N–H and O–H groups in total. The van der Waals surface area contributed by atoms with Crippen molar-refractivity contribution >= 4 is 5.91 Å². The van der Waals surface area contributed by atoms with Crippen molar-refractivity contribution < 1.29 is 64.6 Å². The summed E-state index contributed by atoms with van der Waals surface area (Å²) < 4.78 is 22.9. The highest BCUT2D eigenvalue weighted by molar-refractivity contribution is 5.76. The second-order valence-electron chi connectivity index (χ2n) is 26.7. The van der Waals surface area contributed by atoms with Crippen LogP contribution in [-0.4, -0.2) is 140 Å². The number of amides is 1. The third kappa shape index (κ3) is 48.7. The largest absolute Gasteiger partial charge is 0.394 e. The van der Waals surface area contributed by atoms with E-state index >= 15 is 0 Å². The molecular formula is C84H141NO13. The van der Waals surface area contributed by atoms with Crippen molar-refractivity contribution in [3.05, 3.63) is 146 Å². The van der Waals surface area contributed by atoms with Gasteiger partial charge in [-0.3, -0.25) is 4.79 Å². The molecule has 0 aromatic rings. The molecule has 12 atom stereocenters. The number of allylic oxidation sites excluding steroid dienone is 23. The van der Waals surface area contributed by atoms with Crippen molar-refractivity contribution in [2.75, 3.05) is 19.8 Å². The number of rotatable bonds is 63. The number of aliphatic hydroxyl groups excluding tert-OH is 8. The molecule has 1 amide bonds. The topological polar surface area (TPSA) is 228 Å². The summed E-state index contributed by atoms with van der Waals surface area (Å²) in [6.45, 7) is 2.67. The molecule has 0 aromatic heterocycles. The van der Waals surface area contributed by atoms with E-state index in [1.165, 1.54) is 148 Å². The summed E-state index contributed by atoms with van der Waals surface area (Å²) in [5, 5.41) is 87.6. The fraction of sp³-hybridized carbons (Fsp3) is 0.702. The van der Waals surface area contributed by atoms with Crippen LogP contribution in [0.4, 0.5) is 0 Å². The highest BCUT2D eigenvalue weighted by Crippen LogP contribution is 2.30. The van der Waals surface area contributed by atoms with Crippen LogP contribution in [0.1, 0.15) is 284 Å². The van der Waals surface area contributed by atoms with Gasteiger partial charge in [0.05, 0.1) is 32.0 Å². The zero-order valence-electron chi connectivity index (χ0n) is 61.2. The van der Waals surface area contributed by atoms with E-state index in [0.717, 1.165) is 103 Å². The first kappa shape index (κ1) is 90.0. The minimum atomic E-state index is -1.80. The van der Waals surface area contributed by atoms with Crippen LogP contribution >= 0.6 is 0 Å². The lowest BCUT2D eigenvalue weighted by Gasteiger charge is -2.46. The molecule has 2 fully saturated rings. The SMILES string of the molecule is CC/C=C\C/C=C\C/C=C\C/C=C\C/C=C\C/C=C\C/C=C\C/C=C\C/C=C\C/C=C\CCCCCCC(=O)NC(COC1OC(CO)C(OC2OC(CO)C(O)C(O)C2O)C(O)C1O)C(O)/C=C/CC/C=C/CCCCCCCCCCCCCCCCCCCCCCCCC. The average molecular weight is 1370 g/mol. The van der Waals surface area contributed by atoms with Gasteiger partial charge in [0, 0.05) is 6.42 Å². The van der Waals surface area contributed by atoms with Gasteiger partial charge in [0.2, 0.25) is 5.91 Å². The van der Waals surface area contributed by atoms with Crippen molar-refractivity contribution in [3.8, 4) is 0 Å². The number of unbranched alkanes of at least 4 members (excludes halogenated alkanes) is 28. The summed E-state index contributed by atoms with van der Waals surface area (Å²) in [7, 11) is 0. The van der Waals surface area contributed by atoms with Crippen molar-refractivity contribution in [2.24, 2.45) is 0 Å².